The number of hydrogen-bond donors (Lipinski definition) is 1. The second-order valence-corrected chi connectivity index (χ2v) is 6.47. The van der Waals surface area contributed by atoms with E-state index in [9.17, 15) is 4.79 Å². The second-order valence-electron chi connectivity index (χ2n) is 6.47. The largest absolute Gasteiger partial charge is 0.497 e. The summed E-state index contributed by atoms with van der Waals surface area (Å²) in [5.74, 6) is 2.24. The van der Waals surface area contributed by atoms with Crippen LogP contribution in [0.15, 0.2) is 41.2 Å². The molecule has 0 saturated carbocycles. The Labute approximate surface area is 158 Å². The van der Waals surface area contributed by atoms with Crippen LogP contribution in [-0.4, -0.2) is 27.7 Å². The fraction of sp³-hybridized carbons (Fsp3) is 0.350. The lowest BCUT2D eigenvalue weighted by Crippen LogP contribution is -2.31. The summed E-state index contributed by atoms with van der Waals surface area (Å²) in [5, 5.41) is 7.04. The van der Waals surface area contributed by atoms with Gasteiger partial charge in [-0.2, -0.15) is 0 Å². The van der Waals surface area contributed by atoms with Crippen LogP contribution >= 0.6 is 0 Å². The van der Waals surface area contributed by atoms with Gasteiger partial charge in [0.05, 0.1) is 12.8 Å². The van der Waals surface area contributed by atoms with E-state index in [0.717, 1.165) is 34.2 Å². The van der Waals surface area contributed by atoms with Gasteiger partial charge in [0.1, 0.15) is 23.4 Å². The van der Waals surface area contributed by atoms with Gasteiger partial charge in [0.25, 0.3) is 0 Å². The van der Waals surface area contributed by atoms with Crippen molar-refractivity contribution < 1.29 is 14.1 Å². The fourth-order valence-corrected chi connectivity index (χ4v) is 3.08. The van der Waals surface area contributed by atoms with Crippen LogP contribution in [0.1, 0.15) is 40.9 Å². The first-order valence-corrected chi connectivity index (χ1v) is 8.82. The Balaban J connectivity index is 1.76. The molecular formula is C20H24N4O3. The van der Waals surface area contributed by atoms with Crippen LogP contribution in [0.4, 0.5) is 0 Å². The topological polar surface area (TPSA) is 82.2 Å². The summed E-state index contributed by atoms with van der Waals surface area (Å²) in [4.78, 5) is 17.1. The van der Waals surface area contributed by atoms with E-state index in [4.69, 9.17) is 9.26 Å². The number of amides is 1. The Bertz CT molecular complexity index is 892. The van der Waals surface area contributed by atoms with Crippen LogP contribution in [0.2, 0.25) is 0 Å². The van der Waals surface area contributed by atoms with Crippen molar-refractivity contribution in [2.24, 2.45) is 7.05 Å². The van der Waals surface area contributed by atoms with Crippen LogP contribution in [0, 0.1) is 13.8 Å². The SMILES string of the molecule is COc1ccc(C(NC(=O)CCc2c(C)noc2C)c2nccn2C)cc1. The van der Waals surface area contributed by atoms with Crippen molar-refractivity contribution in [2.45, 2.75) is 32.7 Å². The monoisotopic (exact) mass is 368 g/mol. The summed E-state index contributed by atoms with van der Waals surface area (Å²) in [6.45, 7) is 3.75. The molecule has 27 heavy (non-hydrogen) atoms. The number of ether oxygens (including phenoxy) is 1. The first-order valence-electron chi connectivity index (χ1n) is 8.82. The zero-order valence-corrected chi connectivity index (χ0v) is 16.0. The summed E-state index contributed by atoms with van der Waals surface area (Å²) in [6.07, 6.45) is 4.52. The molecule has 0 spiro atoms. The molecule has 0 aliphatic heterocycles. The molecule has 7 nitrogen and oxygen atoms in total. The molecule has 0 bridgehead atoms. The lowest BCUT2D eigenvalue weighted by molar-refractivity contribution is -0.121. The van der Waals surface area contributed by atoms with E-state index in [-0.39, 0.29) is 11.9 Å². The van der Waals surface area contributed by atoms with Gasteiger partial charge in [-0.15, -0.1) is 0 Å². The number of carbonyl (C=O) groups is 1. The van der Waals surface area contributed by atoms with Crippen molar-refractivity contribution in [2.75, 3.05) is 7.11 Å². The van der Waals surface area contributed by atoms with Gasteiger partial charge in [-0.25, -0.2) is 4.98 Å². The third-order valence-electron chi connectivity index (χ3n) is 4.65. The number of rotatable bonds is 7. The molecule has 0 saturated heterocycles. The Morgan fingerprint density at radius 2 is 2.04 bits per heavy atom. The molecule has 0 aliphatic carbocycles. The molecule has 0 fully saturated rings. The van der Waals surface area contributed by atoms with Gasteiger partial charge in [0, 0.05) is 31.4 Å². The molecule has 142 valence electrons. The third-order valence-corrected chi connectivity index (χ3v) is 4.65. The van der Waals surface area contributed by atoms with Crippen molar-refractivity contribution in [3.63, 3.8) is 0 Å². The number of nitrogens with one attached hydrogen (secondary N) is 1. The molecule has 1 atom stereocenters. The molecule has 3 rings (SSSR count). The zero-order chi connectivity index (χ0) is 19.4. The summed E-state index contributed by atoms with van der Waals surface area (Å²) >= 11 is 0. The van der Waals surface area contributed by atoms with Crippen LogP contribution in [-0.2, 0) is 18.3 Å². The molecular weight excluding hydrogens is 344 g/mol. The highest BCUT2D eigenvalue weighted by Crippen LogP contribution is 2.23. The zero-order valence-electron chi connectivity index (χ0n) is 16.0. The minimum absolute atomic E-state index is 0.0566. The van der Waals surface area contributed by atoms with Gasteiger partial charge in [0.15, 0.2) is 0 Å². The number of carbonyl (C=O) groups excluding carboxylic acids is 1. The Morgan fingerprint density at radius 1 is 1.30 bits per heavy atom. The van der Waals surface area contributed by atoms with E-state index in [2.05, 4.69) is 15.5 Å². The highest BCUT2D eigenvalue weighted by atomic mass is 16.5. The van der Waals surface area contributed by atoms with Crippen LogP contribution in [0.25, 0.3) is 0 Å². The van der Waals surface area contributed by atoms with Crippen molar-refractivity contribution in [3.05, 3.63) is 65.1 Å². The average molecular weight is 368 g/mol. The van der Waals surface area contributed by atoms with Gasteiger partial charge in [0.2, 0.25) is 5.91 Å². The lowest BCUT2D eigenvalue weighted by atomic mass is 10.0. The maximum absolute atomic E-state index is 12.7. The van der Waals surface area contributed by atoms with Gasteiger partial charge < -0.3 is 19.1 Å². The first-order chi connectivity index (χ1) is 13.0. The molecule has 0 radical (unpaired) electrons. The summed E-state index contributed by atoms with van der Waals surface area (Å²) in [7, 11) is 3.54. The Kier molecular flexibility index (Phi) is 5.59. The summed E-state index contributed by atoms with van der Waals surface area (Å²) in [6, 6.07) is 7.29. The second kappa shape index (κ2) is 8.07. The average Bonchev–Trinajstić information content (AvgIpc) is 3.23. The van der Waals surface area contributed by atoms with E-state index >= 15 is 0 Å². The van der Waals surface area contributed by atoms with Crippen molar-refractivity contribution >= 4 is 5.91 Å². The Hall–Kier alpha value is -3.09. The number of aryl methyl sites for hydroxylation is 3. The third kappa shape index (κ3) is 4.19. The first kappa shape index (κ1) is 18.7. The maximum atomic E-state index is 12.7. The van der Waals surface area contributed by atoms with Gasteiger partial charge in [-0.3, -0.25) is 4.79 Å². The van der Waals surface area contributed by atoms with Crippen molar-refractivity contribution in [1.82, 2.24) is 20.0 Å². The highest BCUT2D eigenvalue weighted by Gasteiger charge is 2.21. The molecule has 2 aromatic heterocycles. The van der Waals surface area contributed by atoms with E-state index in [0.29, 0.717) is 12.8 Å². The fourth-order valence-electron chi connectivity index (χ4n) is 3.08. The Morgan fingerprint density at radius 3 is 2.59 bits per heavy atom. The molecule has 2 heterocycles. The number of nitrogens with zero attached hydrogens (tertiary/aromatic N) is 3. The minimum Gasteiger partial charge on any atom is -0.497 e. The maximum Gasteiger partial charge on any atom is 0.221 e. The van der Waals surface area contributed by atoms with Crippen molar-refractivity contribution in [1.29, 1.82) is 0 Å². The summed E-state index contributed by atoms with van der Waals surface area (Å²) < 4.78 is 12.3. The van der Waals surface area contributed by atoms with E-state index < -0.39 is 0 Å². The quantitative estimate of drug-likeness (QED) is 0.693. The number of imidazole rings is 1. The lowest BCUT2D eigenvalue weighted by Gasteiger charge is -2.19. The predicted molar refractivity (Wildman–Crippen MR) is 100 cm³/mol. The molecule has 0 aliphatic rings. The molecule has 1 N–H and O–H groups in total. The van der Waals surface area contributed by atoms with Crippen LogP contribution in [0.3, 0.4) is 0 Å². The predicted octanol–water partition coefficient (Wildman–Crippen LogP) is 2.87. The van der Waals surface area contributed by atoms with Gasteiger partial charge >= 0.3 is 0 Å². The molecule has 1 unspecified atom stereocenters. The van der Waals surface area contributed by atoms with Crippen molar-refractivity contribution in [3.8, 4) is 5.75 Å². The number of benzene rings is 1. The molecule has 1 aromatic carbocycles. The molecule has 1 amide bonds. The normalized spacial score (nSPS) is 12.0. The number of aromatic nitrogens is 3. The van der Waals surface area contributed by atoms with E-state index in [1.807, 2.05) is 55.9 Å². The molecule has 7 heteroatoms. The molecule has 3 aromatic rings. The van der Waals surface area contributed by atoms with Crippen LogP contribution < -0.4 is 10.1 Å². The van der Waals surface area contributed by atoms with E-state index in [1.54, 1.807) is 13.3 Å². The van der Waals surface area contributed by atoms with E-state index in [1.165, 1.54) is 0 Å². The van der Waals surface area contributed by atoms with Gasteiger partial charge in [-0.05, 0) is 38.0 Å². The number of methoxy groups -OCH3 is 1. The number of hydrogen-bond acceptors (Lipinski definition) is 5. The van der Waals surface area contributed by atoms with Crippen LogP contribution in [0.5, 0.6) is 5.75 Å². The minimum atomic E-state index is -0.340. The smallest absolute Gasteiger partial charge is 0.221 e. The highest BCUT2D eigenvalue weighted by molar-refractivity contribution is 5.77. The van der Waals surface area contributed by atoms with Gasteiger partial charge in [-0.1, -0.05) is 17.3 Å². The summed E-state index contributed by atoms with van der Waals surface area (Å²) in [5.41, 5.74) is 2.76. The standard InChI is InChI=1S/C20H24N4O3/c1-13-17(14(2)27-23-13)9-10-18(25)22-19(20-21-11-12-24(20)3)15-5-7-16(26-4)8-6-15/h5-8,11-12,19H,9-10H2,1-4H3,(H,22,25).